The van der Waals surface area contributed by atoms with Gasteiger partial charge in [-0.1, -0.05) is 213 Å². The van der Waals surface area contributed by atoms with E-state index in [-0.39, 0.29) is 44.6 Å². The average molecular weight is 1110 g/mol. The molecular weight excluding hydrogens is 1020 g/mol. The van der Waals surface area contributed by atoms with Crippen LogP contribution in [0.2, 0.25) is 0 Å². The van der Waals surface area contributed by atoms with Crippen LogP contribution in [0, 0.1) is 13.8 Å². The van der Waals surface area contributed by atoms with Gasteiger partial charge in [-0.2, -0.15) is 0 Å². The standard InChI is InChI=1S/C82H83BN2/c1-46-25-19-20-26-51(46)48-40-66-72-67(41-48)85(65-44-61-60(39-47(65)2)76(6,7)37-38-77(61,8)9)64-36-33-52-53-42-49(75(3,4)5)31-34-54(53)82(18)69(52)73(64)83(72)74-68(45-63-70(71(74)82)81(16,17)58-30-24-23-29-57(58)80(63,14)15)84(66)50-32-35-59-62(43-50)79(12,13)56-28-22-21-27-55(56)78(59,10)11/h19-36,39-45H,37-38H2,1-18H3. The van der Waals surface area contributed by atoms with Gasteiger partial charge >= 0.3 is 0 Å². The molecule has 0 N–H and O–H groups in total. The van der Waals surface area contributed by atoms with E-state index in [9.17, 15) is 0 Å². The second kappa shape index (κ2) is 16.4. The van der Waals surface area contributed by atoms with Crippen molar-refractivity contribution in [3.8, 4) is 22.3 Å². The average Bonchev–Trinajstić information content (AvgIpc) is 1.64. The van der Waals surface area contributed by atoms with Crippen molar-refractivity contribution >= 4 is 57.2 Å². The number of hydrogen-bond donors (Lipinski definition) is 0. The van der Waals surface area contributed by atoms with Crippen molar-refractivity contribution in [3.63, 3.8) is 0 Å². The van der Waals surface area contributed by atoms with E-state index in [1.54, 1.807) is 0 Å². The van der Waals surface area contributed by atoms with E-state index in [0.29, 0.717) is 0 Å². The zero-order valence-corrected chi connectivity index (χ0v) is 53.8. The van der Waals surface area contributed by atoms with E-state index < -0.39 is 5.41 Å². The van der Waals surface area contributed by atoms with Crippen LogP contribution < -0.4 is 26.2 Å². The second-order valence-corrected chi connectivity index (χ2v) is 31.8. The second-order valence-electron chi connectivity index (χ2n) is 31.8. The minimum Gasteiger partial charge on any atom is -0.311 e. The van der Waals surface area contributed by atoms with Gasteiger partial charge in [-0.05, 0) is 220 Å². The van der Waals surface area contributed by atoms with Crippen molar-refractivity contribution in [1.29, 1.82) is 0 Å². The Labute approximate surface area is 507 Å². The molecular formula is C82H83BN2. The Balaban J connectivity index is 1.11. The van der Waals surface area contributed by atoms with Gasteiger partial charge in [0.15, 0.2) is 0 Å². The summed E-state index contributed by atoms with van der Waals surface area (Å²) < 4.78 is 0. The summed E-state index contributed by atoms with van der Waals surface area (Å²) in [6, 6.07) is 61.5. The molecule has 0 saturated heterocycles. The van der Waals surface area contributed by atoms with Gasteiger partial charge in [0, 0.05) is 61.2 Å². The molecule has 0 aromatic heterocycles. The Morgan fingerprint density at radius 2 is 0.871 bits per heavy atom. The minimum atomic E-state index is -0.506. The zero-order chi connectivity index (χ0) is 59.6. The summed E-state index contributed by atoms with van der Waals surface area (Å²) in [6.07, 6.45) is 2.34. The summed E-state index contributed by atoms with van der Waals surface area (Å²) in [5, 5.41) is 0. The Morgan fingerprint density at radius 1 is 0.353 bits per heavy atom. The molecule has 0 spiro atoms. The summed E-state index contributed by atoms with van der Waals surface area (Å²) in [7, 11) is 0. The number of hydrogen-bond acceptors (Lipinski definition) is 2. The number of fused-ring (bicyclic) bond motifs is 10. The third-order valence-corrected chi connectivity index (χ3v) is 23.6. The van der Waals surface area contributed by atoms with Crippen molar-refractivity contribution < 1.29 is 0 Å². The van der Waals surface area contributed by atoms with Crippen LogP contribution in [0.4, 0.5) is 34.1 Å². The first-order valence-electron chi connectivity index (χ1n) is 31.9. The number of anilines is 6. The lowest BCUT2D eigenvalue weighted by molar-refractivity contribution is 0.332. The highest BCUT2D eigenvalue weighted by Crippen LogP contribution is 2.64. The Bertz CT molecular complexity index is 4520. The van der Waals surface area contributed by atoms with Crippen molar-refractivity contribution in [3.05, 3.63) is 241 Å². The highest BCUT2D eigenvalue weighted by atomic mass is 15.2. The third kappa shape index (κ3) is 6.53. The molecule has 3 heterocycles. The molecule has 0 saturated carbocycles. The normalized spacial score (nSPS) is 20.6. The Morgan fingerprint density at radius 3 is 1.51 bits per heavy atom. The maximum atomic E-state index is 2.80. The molecule has 0 radical (unpaired) electrons. The van der Waals surface area contributed by atoms with Crippen LogP contribution in [0.1, 0.15) is 213 Å². The number of aryl methyl sites for hydroxylation is 2. The third-order valence-electron chi connectivity index (χ3n) is 23.6. The lowest BCUT2D eigenvalue weighted by Crippen LogP contribution is -2.68. The topological polar surface area (TPSA) is 6.48 Å². The first-order valence-corrected chi connectivity index (χ1v) is 31.9. The van der Waals surface area contributed by atoms with Gasteiger partial charge in [0.1, 0.15) is 0 Å². The van der Waals surface area contributed by atoms with Crippen molar-refractivity contribution in [2.75, 3.05) is 9.80 Å². The monoisotopic (exact) mass is 1110 g/mol. The molecule has 2 nitrogen and oxygen atoms in total. The van der Waals surface area contributed by atoms with Crippen LogP contribution in [0.5, 0.6) is 0 Å². The molecule has 0 fully saturated rings. The van der Waals surface area contributed by atoms with Gasteiger partial charge in [0.2, 0.25) is 0 Å². The van der Waals surface area contributed by atoms with Gasteiger partial charge in [0.05, 0.1) is 0 Å². The Hall–Kier alpha value is -7.36. The van der Waals surface area contributed by atoms with E-state index in [4.69, 9.17) is 0 Å². The fraction of sp³-hybridized carbons (Fsp3) is 0.341. The molecule has 1 atom stereocenters. The summed E-state index contributed by atoms with van der Waals surface area (Å²) in [5.41, 5.74) is 38.8. The summed E-state index contributed by atoms with van der Waals surface area (Å²) in [6.45, 7) is 44.4. The van der Waals surface area contributed by atoms with Crippen LogP contribution >= 0.6 is 0 Å². The van der Waals surface area contributed by atoms with Gasteiger partial charge in [-0.3, -0.25) is 0 Å². The largest absolute Gasteiger partial charge is 0.311 e. The molecule has 3 heteroatoms. The van der Waals surface area contributed by atoms with Gasteiger partial charge < -0.3 is 9.80 Å². The zero-order valence-electron chi connectivity index (χ0n) is 53.8. The molecule has 0 bridgehead atoms. The molecule has 424 valence electrons. The van der Waals surface area contributed by atoms with E-state index >= 15 is 0 Å². The summed E-state index contributed by atoms with van der Waals surface area (Å²) >= 11 is 0. The quantitative estimate of drug-likeness (QED) is 0.163. The van der Waals surface area contributed by atoms with Crippen LogP contribution in [0.25, 0.3) is 22.3 Å². The maximum Gasteiger partial charge on any atom is 0.253 e. The number of rotatable bonds is 3. The first kappa shape index (κ1) is 53.1. The molecule has 85 heavy (non-hydrogen) atoms. The predicted octanol–water partition coefficient (Wildman–Crippen LogP) is 19.3. The summed E-state index contributed by atoms with van der Waals surface area (Å²) in [4.78, 5) is 5.59. The number of nitrogens with zero attached hydrogens (tertiary/aromatic N) is 2. The lowest BCUT2D eigenvalue weighted by atomic mass is 9.27. The fourth-order valence-corrected chi connectivity index (χ4v) is 18.7. The molecule has 16 rings (SSSR count). The molecule has 1 unspecified atom stereocenters. The van der Waals surface area contributed by atoms with Crippen LogP contribution in [-0.4, -0.2) is 6.71 Å². The highest BCUT2D eigenvalue weighted by Gasteiger charge is 2.60. The fourth-order valence-electron chi connectivity index (χ4n) is 18.7. The van der Waals surface area contributed by atoms with Gasteiger partial charge in [-0.25, -0.2) is 0 Å². The molecule has 3 aliphatic heterocycles. The Kier molecular flexibility index (Phi) is 10.2. The smallest absolute Gasteiger partial charge is 0.253 e. The molecule has 7 aliphatic rings. The SMILES string of the molecule is Cc1ccccc1-c1cc2c3c(c1)N(c1cc4c(cc1C)C(C)(C)CCC4(C)C)c1ccc4c5c1B3c1c(cc3c(c1C5(C)c1ccc(C(C)(C)C)cc1-4)C(C)(C)c1ccccc1C3(C)C)N2c1ccc2c(c1)C(C)(C)c1ccccc1C2(C)C. The van der Waals surface area contributed by atoms with E-state index in [2.05, 4.69) is 286 Å². The molecule has 0 amide bonds. The summed E-state index contributed by atoms with van der Waals surface area (Å²) in [5.74, 6) is 0. The van der Waals surface area contributed by atoms with E-state index in [1.807, 2.05) is 0 Å². The molecule has 9 aromatic rings. The van der Waals surface area contributed by atoms with Crippen molar-refractivity contribution in [1.82, 2.24) is 0 Å². The van der Waals surface area contributed by atoms with Crippen molar-refractivity contribution in [2.24, 2.45) is 0 Å². The van der Waals surface area contributed by atoms with Gasteiger partial charge in [-0.15, -0.1) is 0 Å². The van der Waals surface area contributed by atoms with Crippen molar-refractivity contribution in [2.45, 2.75) is 181 Å². The van der Waals surface area contributed by atoms with E-state index in [1.165, 1.54) is 168 Å². The lowest BCUT2D eigenvalue weighted by Gasteiger charge is -2.55. The first-order chi connectivity index (χ1) is 40.0. The molecule has 4 aliphatic carbocycles. The van der Waals surface area contributed by atoms with Crippen LogP contribution in [0.3, 0.4) is 0 Å². The predicted molar refractivity (Wildman–Crippen MR) is 362 cm³/mol. The number of benzene rings is 9. The van der Waals surface area contributed by atoms with E-state index in [0.717, 1.165) is 6.42 Å². The molecule has 9 aromatic carbocycles. The van der Waals surface area contributed by atoms with Gasteiger partial charge in [0.25, 0.3) is 6.71 Å². The minimum absolute atomic E-state index is 0.0173. The highest BCUT2D eigenvalue weighted by molar-refractivity contribution is 7.01. The maximum absolute atomic E-state index is 2.80. The van der Waals surface area contributed by atoms with Crippen LogP contribution in [-0.2, 0) is 43.3 Å². The van der Waals surface area contributed by atoms with Crippen LogP contribution in [0.15, 0.2) is 152 Å².